The fraction of sp³-hybridized carbons (Fsp3) is 0.364. The highest BCUT2D eigenvalue weighted by atomic mass is 16.4. The first-order chi connectivity index (χ1) is 14.0. The number of likely N-dealkylation sites (N-methyl/N-ethyl adjacent to an activating group) is 1. The lowest BCUT2D eigenvalue weighted by molar-refractivity contribution is 0.102. The quantitative estimate of drug-likeness (QED) is 0.726. The smallest absolute Gasteiger partial charge is 0.404 e. The number of rotatable bonds is 5. The van der Waals surface area contributed by atoms with Crippen molar-refractivity contribution in [3.63, 3.8) is 0 Å². The first-order valence-electron chi connectivity index (χ1n) is 9.94. The molecule has 7 heteroatoms. The molecule has 0 aromatic heterocycles. The summed E-state index contributed by atoms with van der Waals surface area (Å²) in [7, 11) is 2.13. The Kier molecular flexibility index (Phi) is 5.40. The molecule has 0 bridgehead atoms. The maximum Gasteiger partial charge on any atom is 0.404 e. The molecule has 1 aliphatic carbocycles. The second kappa shape index (κ2) is 8.13. The second-order valence-electron chi connectivity index (χ2n) is 7.81. The van der Waals surface area contributed by atoms with Gasteiger partial charge in [-0.05, 0) is 55.4 Å². The number of carbonyl (C=O) groups excluding carboxylic acids is 1. The minimum absolute atomic E-state index is 0.00763. The van der Waals surface area contributed by atoms with E-state index >= 15 is 0 Å². The van der Waals surface area contributed by atoms with Crippen LogP contribution in [0.5, 0.6) is 0 Å². The molecule has 1 aliphatic heterocycles. The summed E-state index contributed by atoms with van der Waals surface area (Å²) in [5.41, 5.74) is 3.58. The van der Waals surface area contributed by atoms with Gasteiger partial charge in [-0.2, -0.15) is 0 Å². The molecule has 2 atom stereocenters. The van der Waals surface area contributed by atoms with E-state index in [4.69, 9.17) is 5.11 Å². The van der Waals surface area contributed by atoms with Gasteiger partial charge < -0.3 is 25.5 Å². The zero-order chi connectivity index (χ0) is 20.4. The lowest BCUT2D eigenvalue weighted by Gasteiger charge is -2.34. The van der Waals surface area contributed by atoms with Gasteiger partial charge in [0.25, 0.3) is 5.91 Å². The van der Waals surface area contributed by atoms with Gasteiger partial charge in [0.05, 0.1) is 0 Å². The number of carbonyl (C=O) groups is 2. The highest BCUT2D eigenvalue weighted by molar-refractivity contribution is 6.04. The predicted molar refractivity (Wildman–Crippen MR) is 113 cm³/mol. The minimum atomic E-state index is -0.986. The number of nitrogens with zero attached hydrogens (tertiary/aromatic N) is 2. The Morgan fingerprint density at radius 1 is 0.966 bits per heavy atom. The van der Waals surface area contributed by atoms with Gasteiger partial charge in [0.2, 0.25) is 0 Å². The molecule has 2 amide bonds. The highest BCUT2D eigenvalue weighted by Crippen LogP contribution is 2.41. The average Bonchev–Trinajstić information content (AvgIpc) is 3.47. The number of amides is 2. The fourth-order valence-corrected chi connectivity index (χ4v) is 3.79. The summed E-state index contributed by atoms with van der Waals surface area (Å²) in [6.45, 7) is 4.09. The Balaban J connectivity index is 1.33. The molecule has 1 heterocycles. The van der Waals surface area contributed by atoms with Crippen molar-refractivity contribution in [2.75, 3.05) is 43.4 Å². The van der Waals surface area contributed by atoms with Crippen LogP contribution in [0.15, 0.2) is 48.5 Å². The van der Waals surface area contributed by atoms with Gasteiger partial charge in [0, 0.05) is 55.1 Å². The normalized spacial score (nSPS) is 21.5. The van der Waals surface area contributed by atoms with Gasteiger partial charge in [0.1, 0.15) is 0 Å². The summed E-state index contributed by atoms with van der Waals surface area (Å²) in [4.78, 5) is 27.9. The lowest BCUT2D eigenvalue weighted by Crippen LogP contribution is -2.44. The van der Waals surface area contributed by atoms with Crippen molar-refractivity contribution in [3.8, 4) is 0 Å². The molecule has 0 spiro atoms. The minimum Gasteiger partial charge on any atom is -0.465 e. The van der Waals surface area contributed by atoms with Crippen molar-refractivity contribution in [3.05, 3.63) is 59.7 Å². The van der Waals surface area contributed by atoms with Crippen LogP contribution in [0.25, 0.3) is 0 Å². The van der Waals surface area contributed by atoms with E-state index in [9.17, 15) is 9.59 Å². The van der Waals surface area contributed by atoms with Crippen LogP contribution in [-0.4, -0.2) is 61.3 Å². The van der Waals surface area contributed by atoms with Crippen LogP contribution >= 0.6 is 0 Å². The number of piperazine rings is 1. The Morgan fingerprint density at radius 2 is 1.62 bits per heavy atom. The predicted octanol–water partition coefficient (Wildman–Crippen LogP) is 2.81. The number of hydrogen-bond donors (Lipinski definition) is 3. The largest absolute Gasteiger partial charge is 0.465 e. The fourth-order valence-electron chi connectivity index (χ4n) is 3.79. The van der Waals surface area contributed by atoms with Crippen LogP contribution in [0, 0.1) is 0 Å². The molecule has 0 radical (unpaired) electrons. The number of hydrogen-bond acceptors (Lipinski definition) is 4. The third kappa shape index (κ3) is 4.68. The van der Waals surface area contributed by atoms with Crippen molar-refractivity contribution in [1.29, 1.82) is 0 Å². The zero-order valence-electron chi connectivity index (χ0n) is 16.5. The van der Waals surface area contributed by atoms with E-state index in [-0.39, 0.29) is 17.9 Å². The topological polar surface area (TPSA) is 84.9 Å². The molecule has 3 N–H and O–H groups in total. The number of benzene rings is 2. The van der Waals surface area contributed by atoms with Crippen molar-refractivity contribution in [2.24, 2.45) is 0 Å². The van der Waals surface area contributed by atoms with Crippen LogP contribution in [-0.2, 0) is 0 Å². The summed E-state index contributed by atoms with van der Waals surface area (Å²) in [5, 5.41) is 14.2. The molecule has 1 saturated heterocycles. The zero-order valence-corrected chi connectivity index (χ0v) is 16.5. The van der Waals surface area contributed by atoms with Gasteiger partial charge >= 0.3 is 6.09 Å². The van der Waals surface area contributed by atoms with E-state index in [1.807, 2.05) is 48.5 Å². The molecule has 2 unspecified atom stereocenters. The SMILES string of the molecule is CN1CCN(c2ccc(C(=O)Nc3ccc(C4CC4NC(=O)O)cc3)cc2)CC1. The maximum absolute atomic E-state index is 12.5. The van der Waals surface area contributed by atoms with Crippen LogP contribution < -0.4 is 15.5 Å². The molecule has 2 aromatic carbocycles. The Morgan fingerprint density at radius 3 is 2.24 bits per heavy atom. The van der Waals surface area contributed by atoms with Crippen molar-refractivity contribution in [1.82, 2.24) is 10.2 Å². The highest BCUT2D eigenvalue weighted by Gasteiger charge is 2.39. The molecule has 4 rings (SSSR count). The summed E-state index contributed by atoms with van der Waals surface area (Å²) in [5.74, 6) is 0.0810. The number of anilines is 2. The summed E-state index contributed by atoms with van der Waals surface area (Å²) >= 11 is 0. The van der Waals surface area contributed by atoms with E-state index in [0.29, 0.717) is 5.56 Å². The molecular formula is C22H26N4O3. The van der Waals surface area contributed by atoms with E-state index in [1.54, 1.807) is 0 Å². The molecule has 2 aromatic rings. The molecule has 1 saturated carbocycles. The van der Waals surface area contributed by atoms with Gasteiger partial charge in [-0.25, -0.2) is 4.79 Å². The van der Waals surface area contributed by atoms with Crippen LogP contribution in [0.1, 0.15) is 28.3 Å². The standard InChI is InChI=1S/C22H26N4O3/c1-25-10-12-26(13-11-25)18-8-4-16(5-9-18)21(27)23-17-6-2-15(3-7-17)19-14-20(19)24-22(28)29/h2-9,19-20,24H,10-14H2,1H3,(H,23,27)(H,28,29). The monoisotopic (exact) mass is 394 g/mol. The van der Waals surface area contributed by atoms with Gasteiger partial charge in [-0.1, -0.05) is 12.1 Å². The van der Waals surface area contributed by atoms with E-state index in [2.05, 4.69) is 27.5 Å². The van der Waals surface area contributed by atoms with E-state index in [1.165, 1.54) is 0 Å². The van der Waals surface area contributed by atoms with E-state index in [0.717, 1.165) is 49.5 Å². The van der Waals surface area contributed by atoms with Crippen molar-refractivity contribution < 1.29 is 14.7 Å². The molecule has 7 nitrogen and oxygen atoms in total. The van der Waals surface area contributed by atoms with Crippen LogP contribution in [0.4, 0.5) is 16.2 Å². The molecule has 152 valence electrons. The number of carboxylic acid groups (broad SMARTS) is 1. The Labute approximate surface area is 170 Å². The van der Waals surface area contributed by atoms with Crippen LogP contribution in [0.3, 0.4) is 0 Å². The summed E-state index contributed by atoms with van der Waals surface area (Å²) in [6.07, 6.45) is -0.169. The third-order valence-corrected chi connectivity index (χ3v) is 5.69. The first kappa shape index (κ1) is 19.3. The Hall–Kier alpha value is -3.06. The van der Waals surface area contributed by atoms with Gasteiger partial charge in [-0.15, -0.1) is 0 Å². The summed E-state index contributed by atoms with van der Waals surface area (Å²) in [6, 6.07) is 15.3. The number of nitrogens with one attached hydrogen (secondary N) is 2. The second-order valence-corrected chi connectivity index (χ2v) is 7.81. The maximum atomic E-state index is 12.5. The van der Waals surface area contributed by atoms with Crippen molar-refractivity contribution >= 4 is 23.4 Å². The third-order valence-electron chi connectivity index (χ3n) is 5.69. The average molecular weight is 394 g/mol. The van der Waals surface area contributed by atoms with Crippen molar-refractivity contribution in [2.45, 2.75) is 18.4 Å². The van der Waals surface area contributed by atoms with Crippen LogP contribution in [0.2, 0.25) is 0 Å². The Bertz CT molecular complexity index is 874. The molecule has 2 aliphatic rings. The van der Waals surface area contributed by atoms with E-state index < -0.39 is 6.09 Å². The van der Waals surface area contributed by atoms with Gasteiger partial charge in [0.15, 0.2) is 0 Å². The molecular weight excluding hydrogens is 368 g/mol. The first-order valence-corrected chi connectivity index (χ1v) is 9.94. The molecule has 2 fully saturated rings. The molecule has 29 heavy (non-hydrogen) atoms. The lowest BCUT2D eigenvalue weighted by atomic mass is 10.1. The van der Waals surface area contributed by atoms with Gasteiger partial charge in [-0.3, -0.25) is 4.79 Å². The summed E-state index contributed by atoms with van der Waals surface area (Å²) < 4.78 is 0.